The number of piperidine rings is 1. The fraction of sp³-hybridized carbons (Fsp3) is 0.667. The average Bonchev–Trinajstić information content (AvgIpc) is 3.29. The summed E-state index contributed by atoms with van der Waals surface area (Å²) in [5, 5.41) is 10.5. The van der Waals surface area contributed by atoms with Crippen molar-refractivity contribution in [2.75, 3.05) is 43.9 Å². The number of rotatable bonds is 8. The van der Waals surface area contributed by atoms with Crippen molar-refractivity contribution in [3.8, 4) is 0 Å². The largest absolute Gasteiger partial charge is 0.449 e. The molecular formula is C24H33F3N8O2. The zero-order chi connectivity index (χ0) is 26.2. The molecule has 0 saturated carbocycles. The first-order valence-corrected chi connectivity index (χ1v) is 12.8. The Morgan fingerprint density at radius 1 is 1.19 bits per heavy atom. The lowest BCUT2D eigenvalue weighted by molar-refractivity contribution is -0.137. The third-order valence-corrected chi connectivity index (χ3v) is 7.66. The van der Waals surface area contributed by atoms with Gasteiger partial charge in [0.1, 0.15) is 11.4 Å². The van der Waals surface area contributed by atoms with Gasteiger partial charge in [-0.25, -0.2) is 9.78 Å². The van der Waals surface area contributed by atoms with Crippen LogP contribution in [0.15, 0.2) is 12.4 Å². The van der Waals surface area contributed by atoms with Crippen LogP contribution >= 0.6 is 0 Å². The Bertz CT molecular complexity index is 1110. The molecule has 3 fully saturated rings. The molecule has 37 heavy (non-hydrogen) atoms. The first-order valence-electron chi connectivity index (χ1n) is 12.8. The predicted molar refractivity (Wildman–Crippen MR) is 131 cm³/mol. The van der Waals surface area contributed by atoms with Gasteiger partial charge in [-0.15, -0.1) is 0 Å². The van der Waals surface area contributed by atoms with E-state index in [1.807, 2.05) is 17.8 Å². The minimum absolute atomic E-state index is 0.0567. The van der Waals surface area contributed by atoms with Crippen LogP contribution in [0.4, 0.5) is 35.4 Å². The monoisotopic (exact) mass is 522 g/mol. The Kier molecular flexibility index (Phi) is 7.15. The van der Waals surface area contributed by atoms with Crippen LogP contribution in [0.3, 0.4) is 0 Å². The summed E-state index contributed by atoms with van der Waals surface area (Å²) in [6, 6.07) is 1.43. The second-order valence-corrected chi connectivity index (χ2v) is 10.1. The van der Waals surface area contributed by atoms with Crippen molar-refractivity contribution in [2.45, 2.75) is 69.8 Å². The van der Waals surface area contributed by atoms with Gasteiger partial charge in [0, 0.05) is 44.1 Å². The number of anilines is 3. The number of amides is 1. The summed E-state index contributed by atoms with van der Waals surface area (Å²) in [6.07, 6.45) is 3.37. The Labute approximate surface area is 213 Å². The SMILES string of the molecule is Cc1nn(C2CC3CCC(C2)N3C)cc1Nc1ncc(C(F)(F)F)c(NCCCN2CCCOC2=O)n1. The number of ether oxygens (including phenoxy) is 1. The summed E-state index contributed by atoms with van der Waals surface area (Å²) in [5.41, 5.74) is 0.461. The van der Waals surface area contributed by atoms with E-state index >= 15 is 0 Å². The number of alkyl halides is 3. The zero-order valence-electron chi connectivity index (χ0n) is 21.1. The maximum atomic E-state index is 13.6. The van der Waals surface area contributed by atoms with Crippen LogP contribution in [-0.2, 0) is 10.9 Å². The Morgan fingerprint density at radius 2 is 1.95 bits per heavy atom. The number of halogens is 3. The maximum Gasteiger partial charge on any atom is 0.421 e. The highest BCUT2D eigenvalue weighted by Crippen LogP contribution is 2.40. The van der Waals surface area contributed by atoms with Gasteiger partial charge in [0.2, 0.25) is 5.95 Å². The molecular weight excluding hydrogens is 489 g/mol. The summed E-state index contributed by atoms with van der Waals surface area (Å²) in [4.78, 5) is 23.8. The van der Waals surface area contributed by atoms with Crippen LogP contribution in [-0.4, -0.2) is 81.0 Å². The number of aromatic nitrogens is 4. The summed E-state index contributed by atoms with van der Waals surface area (Å²) < 4.78 is 47.8. The molecule has 0 spiro atoms. The smallest absolute Gasteiger partial charge is 0.421 e. The molecule has 1 amide bonds. The van der Waals surface area contributed by atoms with Gasteiger partial charge in [0.05, 0.1) is 24.0 Å². The molecule has 3 aliphatic rings. The number of hydrogen-bond donors (Lipinski definition) is 2. The lowest BCUT2D eigenvalue weighted by atomic mass is 9.98. The molecule has 3 saturated heterocycles. The van der Waals surface area contributed by atoms with Gasteiger partial charge in [-0.2, -0.15) is 23.3 Å². The number of nitrogens with zero attached hydrogens (tertiary/aromatic N) is 6. The Balaban J connectivity index is 1.25. The molecule has 10 nitrogen and oxygen atoms in total. The van der Waals surface area contributed by atoms with Crippen molar-refractivity contribution in [1.82, 2.24) is 29.5 Å². The van der Waals surface area contributed by atoms with Crippen LogP contribution in [0, 0.1) is 6.92 Å². The molecule has 2 aromatic heterocycles. The Hall–Kier alpha value is -3.09. The first kappa shape index (κ1) is 25.6. The molecule has 3 aliphatic heterocycles. The topological polar surface area (TPSA) is 100 Å². The van der Waals surface area contributed by atoms with Crippen LogP contribution < -0.4 is 10.6 Å². The predicted octanol–water partition coefficient (Wildman–Crippen LogP) is 4.19. The van der Waals surface area contributed by atoms with E-state index in [0.29, 0.717) is 49.9 Å². The van der Waals surface area contributed by atoms with E-state index in [1.54, 1.807) is 4.90 Å². The van der Waals surface area contributed by atoms with Gasteiger partial charge < -0.3 is 25.2 Å². The van der Waals surface area contributed by atoms with E-state index in [4.69, 9.17) is 4.74 Å². The third-order valence-electron chi connectivity index (χ3n) is 7.66. The molecule has 202 valence electrons. The van der Waals surface area contributed by atoms with E-state index in [0.717, 1.165) is 31.2 Å². The van der Waals surface area contributed by atoms with E-state index in [2.05, 4.69) is 37.6 Å². The van der Waals surface area contributed by atoms with Crippen molar-refractivity contribution in [3.63, 3.8) is 0 Å². The van der Waals surface area contributed by atoms with Crippen molar-refractivity contribution in [3.05, 3.63) is 23.7 Å². The molecule has 2 unspecified atom stereocenters. The molecule has 2 aromatic rings. The van der Waals surface area contributed by atoms with Crippen molar-refractivity contribution in [1.29, 1.82) is 0 Å². The number of hydrogen-bond acceptors (Lipinski definition) is 8. The fourth-order valence-electron chi connectivity index (χ4n) is 5.57. The van der Waals surface area contributed by atoms with E-state index < -0.39 is 11.7 Å². The molecule has 5 rings (SSSR count). The molecule has 2 atom stereocenters. The van der Waals surface area contributed by atoms with E-state index in [1.165, 1.54) is 12.8 Å². The number of fused-ring (bicyclic) bond motifs is 2. The maximum absolute atomic E-state index is 13.6. The summed E-state index contributed by atoms with van der Waals surface area (Å²) >= 11 is 0. The van der Waals surface area contributed by atoms with Gasteiger partial charge in [-0.05, 0) is 52.5 Å². The van der Waals surface area contributed by atoms with Gasteiger partial charge in [-0.3, -0.25) is 4.68 Å². The highest BCUT2D eigenvalue weighted by Gasteiger charge is 2.39. The van der Waals surface area contributed by atoms with Crippen LogP contribution in [0.25, 0.3) is 0 Å². The summed E-state index contributed by atoms with van der Waals surface area (Å²) in [7, 11) is 2.19. The van der Waals surface area contributed by atoms with Gasteiger partial charge in [0.25, 0.3) is 0 Å². The fourth-order valence-corrected chi connectivity index (χ4v) is 5.57. The van der Waals surface area contributed by atoms with Crippen LogP contribution in [0.1, 0.15) is 55.8 Å². The van der Waals surface area contributed by atoms with Crippen LogP contribution in [0.2, 0.25) is 0 Å². The molecule has 2 bridgehead atoms. The van der Waals surface area contributed by atoms with Gasteiger partial charge in [0.15, 0.2) is 0 Å². The number of carbonyl (C=O) groups is 1. The first-order chi connectivity index (χ1) is 17.7. The number of aryl methyl sites for hydroxylation is 1. The number of nitrogens with one attached hydrogen (secondary N) is 2. The number of carbonyl (C=O) groups excluding carboxylic acids is 1. The minimum Gasteiger partial charge on any atom is -0.449 e. The summed E-state index contributed by atoms with van der Waals surface area (Å²) in [6.45, 7) is 3.44. The minimum atomic E-state index is -4.61. The third kappa shape index (κ3) is 5.60. The lowest BCUT2D eigenvalue weighted by Crippen LogP contribution is -2.40. The van der Waals surface area contributed by atoms with Gasteiger partial charge >= 0.3 is 12.3 Å². The van der Waals surface area contributed by atoms with Crippen molar-refractivity contribution in [2.24, 2.45) is 0 Å². The van der Waals surface area contributed by atoms with E-state index in [9.17, 15) is 18.0 Å². The molecule has 13 heteroatoms. The molecule has 5 heterocycles. The standard InChI is InChI=1S/C24H33F3N8O2/c1-15-20(14-35(32-15)18-11-16-5-6-17(12-18)33(16)2)30-22-29-13-19(24(25,26)27)21(31-22)28-7-3-8-34-9-4-10-37-23(34)36/h13-14,16-18H,3-12H2,1-2H3,(H2,28,29,30,31). The highest BCUT2D eigenvalue weighted by molar-refractivity contribution is 5.68. The average molecular weight is 523 g/mol. The highest BCUT2D eigenvalue weighted by atomic mass is 19.4. The zero-order valence-corrected chi connectivity index (χ0v) is 21.1. The molecule has 0 aliphatic carbocycles. The van der Waals surface area contributed by atoms with Crippen LogP contribution in [0.5, 0.6) is 0 Å². The molecule has 0 aromatic carbocycles. The quantitative estimate of drug-likeness (QED) is 0.498. The second kappa shape index (κ2) is 10.3. The van der Waals surface area contributed by atoms with Crippen molar-refractivity contribution < 1.29 is 22.7 Å². The normalized spacial score (nSPS) is 24.3. The molecule has 0 radical (unpaired) electrons. The number of cyclic esters (lactones) is 1. The van der Waals surface area contributed by atoms with E-state index in [-0.39, 0.29) is 24.4 Å². The lowest BCUT2D eigenvalue weighted by Gasteiger charge is -2.36. The Morgan fingerprint density at radius 3 is 2.65 bits per heavy atom. The molecule has 2 N–H and O–H groups in total. The summed E-state index contributed by atoms with van der Waals surface area (Å²) in [5.74, 6) is -0.246. The van der Waals surface area contributed by atoms with Gasteiger partial charge in [-0.1, -0.05) is 0 Å². The second-order valence-electron chi connectivity index (χ2n) is 10.1. The van der Waals surface area contributed by atoms with Crippen molar-refractivity contribution >= 4 is 23.5 Å².